The summed E-state index contributed by atoms with van der Waals surface area (Å²) in [5, 5.41) is 39.7. The molecule has 3 aliphatic heterocycles. The Kier molecular flexibility index (Phi) is 13.3. The molecule has 3 saturated heterocycles. The number of morpholine rings is 1. The molecule has 2 bridgehead atoms. The average Bonchev–Trinajstić information content (AvgIpc) is 4.03. The molecule has 6 N–H and O–H groups in total. The molecule has 0 saturated carbocycles. The monoisotopic (exact) mass is 887 g/mol. The van der Waals surface area contributed by atoms with Crippen LogP contribution in [0.25, 0.3) is 22.0 Å². The fourth-order valence-corrected chi connectivity index (χ4v) is 8.76. The summed E-state index contributed by atoms with van der Waals surface area (Å²) in [7, 11) is 6.05. The van der Waals surface area contributed by atoms with Crippen LogP contribution in [0, 0.1) is 0 Å². The number of alkyl halides is 3. The van der Waals surface area contributed by atoms with Crippen molar-refractivity contribution < 1.29 is 61.6 Å². The maximum Gasteiger partial charge on any atom is 0.430 e. The second kappa shape index (κ2) is 18.7. The standard InChI is InChI=1S/C44H47N5O8.C2HF3O2/c1-49(2)34-21-29(22-35(49)43-42(34)57-43)56-44(54)47-33-19-25(9-13-30(33)26-7-5-4-6-8-26)10-17-39(52)46-28-12-11-27(38(20-28)55-3)23-45-24-37(51)31-14-16-36(50)41-32(31)15-18-40(53)48-41;3-2(4,5)1(6)7/h4-9,11-16,18-20,29,34-35,37,42-43,45,51H,10,17,21-24H2,1-3H3,(H3-,46,47,48,50,52,53,54);(H,6,7)/t29-,34-,35+,37-,42-,43+;/m0./s1. The van der Waals surface area contributed by atoms with Crippen LogP contribution in [0.2, 0.25) is 0 Å². The van der Waals surface area contributed by atoms with Crippen molar-refractivity contribution in [2.75, 3.05) is 38.4 Å². The van der Waals surface area contributed by atoms with Crippen LogP contribution in [0.15, 0.2) is 95.8 Å². The number of quaternary nitrogens is 1. The van der Waals surface area contributed by atoms with Crippen molar-refractivity contribution in [3.05, 3.63) is 118 Å². The number of nitrogens with one attached hydrogen (secondary N) is 4. The highest BCUT2D eigenvalue weighted by Crippen LogP contribution is 2.51. The molecule has 3 aliphatic rings. The zero-order valence-corrected chi connectivity index (χ0v) is 35.1. The number of likely N-dealkylation sites (N-methyl/N-ethyl adjacent to an activating group) is 1. The van der Waals surface area contributed by atoms with E-state index in [4.69, 9.17) is 24.1 Å². The van der Waals surface area contributed by atoms with Gasteiger partial charge in [0.15, 0.2) is 0 Å². The highest BCUT2D eigenvalue weighted by molar-refractivity contribution is 5.93. The minimum Gasteiger partial charge on any atom is -0.542 e. The van der Waals surface area contributed by atoms with Gasteiger partial charge in [0.25, 0.3) is 0 Å². The highest BCUT2D eigenvalue weighted by atomic mass is 19.4. The Morgan fingerprint density at radius 1 is 0.953 bits per heavy atom. The molecule has 18 heteroatoms. The molecular weight excluding hydrogens is 840 g/mol. The van der Waals surface area contributed by atoms with Gasteiger partial charge < -0.3 is 54.4 Å². The maximum atomic E-state index is 13.3. The van der Waals surface area contributed by atoms with Gasteiger partial charge in [0.1, 0.15) is 47.9 Å². The van der Waals surface area contributed by atoms with Crippen LogP contribution < -0.4 is 31.4 Å². The number of halogens is 3. The Hall–Kier alpha value is -6.47. The number of aliphatic hydroxyl groups excluding tert-OH is 1. The number of ether oxygens (including phenoxy) is 3. The molecule has 4 aromatic carbocycles. The van der Waals surface area contributed by atoms with Gasteiger partial charge >= 0.3 is 12.3 Å². The van der Waals surface area contributed by atoms with Crippen molar-refractivity contribution >= 4 is 40.2 Å². The van der Waals surface area contributed by atoms with E-state index in [2.05, 4.69) is 35.0 Å². The number of carbonyl (C=O) groups excluding carboxylic acids is 3. The number of benzene rings is 4. The lowest BCUT2D eigenvalue weighted by Gasteiger charge is -2.45. The summed E-state index contributed by atoms with van der Waals surface area (Å²) in [5.74, 6) is -2.69. The molecule has 338 valence electrons. The van der Waals surface area contributed by atoms with Gasteiger partial charge in [0, 0.05) is 66.7 Å². The Balaban J connectivity index is 0.000000809. The van der Waals surface area contributed by atoms with Crippen molar-refractivity contribution in [1.82, 2.24) is 10.3 Å². The van der Waals surface area contributed by atoms with Crippen LogP contribution in [-0.2, 0) is 32.0 Å². The van der Waals surface area contributed by atoms with Crippen molar-refractivity contribution in [3.63, 3.8) is 0 Å². The summed E-state index contributed by atoms with van der Waals surface area (Å²) in [6, 6.07) is 27.8. The molecule has 1 aromatic heterocycles. The van der Waals surface area contributed by atoms with Crippen LogP contribution in [0.3, 0.4) is 0 Å². The number of aryl methyl sites for hydroxylation is 1. The van der Waals surface area contributed by atoms with Crippen LogP contribution in [0.1, 0.15) is 42.1 Å². The Morgan fingerprint density at radius 3 is 2.33 bits per heavy atom. The first kappa shape index (κ1) is 45.6. The maximum absolute atomic E-state index is 13.3. The van der Waals surface area contributed by atoms with Crippen LogP contribution in [0.4, 0.5) is 29.3 Å². The largest absolute Gasteiger partial charge is 0.542 e. The SMILES string of the molecule is COc1cc(NC(=O)CCc2ccc(-c3ccccc3)c(NC(=O)O[C@@H]3C[C@@H]4[C@H]5O[C@H]5[C@H](C3)[N+]4(C)C)c2)ccc1CNC[C@H](O)c1ccc(O)c2[nH]c(=O)ccc12.O=C([O-])C(F)(F)F. The predicted molar refractivity (Wildman–Crippen MR) is 227 cm³/mol. The third-order valence-corrected chi connectivity index (χ3v) is 12.1. The molecular formula is C46H48F3N5O10. The molecule has 5 aromatic rings. The van der Waals surface area contributed by atoms with E-state index < -0.39 is 24.3 Å². The van der Waals surface area contributed by atoms with E-state index in [1.165, 1.54) is 12.1 Å². The molecule has 15 nitrogen and oxygen atoms in total. The average molecular weight is 888 g/mol. The number of nitrogens with zero attached hydrogens (tertiary/aromatic N) is 1. The molecule has 0 unspecified atom stereocenters. The van der Waals surface area contributed by atoms with E-state index in [-0.39, 0.29) is 54.0 Å². The second-order valence-electron chi connectivity index (χ2n) is 16.5. The van der Waals surface area contributed by atoms with E-state index >= 15 is 0 Å². The summed E-state index contributed by atoms with van der Waals surface area (Å²) >= 11 is 0. The summed E-state index contributed by atoms with van der Waals surface area (Å²) in [6.07, 6.45) is -4.01. The Bertz CT molecular complexity index is 2570. The van der Waals surface area contributed by atoms with Crippen molar-refractivity contribution in [1.29, 1.82) is 0 Å². The first-order valence-corrected chi connectivity index (χ1v) is 20.6. The summed E-state index contributed by atoms with van der Waals surface area (Å²) in [5.41, 5.74) is 5.23. The number of carboxylic acid groups (broad SMARTS) is 1. The fraction of sp³-hybridized carbons (Fsp3) is 0.348. The van der Waals surface area contributed by atoms with Crippen molar-refractivity contribution in [2.24, 2.45) is 0 Å². The Labute approximate surface area is 365 Å². The highest BCUT2D eigenvalue weighted by Gasteiger charge is 2.70. The van der Waals surface area contributed by atoms with Crippen molar-refractivity contribution in [3.8, 4) is 22.6 Å². The number of carboxylic acids is 1. The molecule has 0 radical (unpaired) electrons. The molecule has 2 amide bonds. The number of hydrogen-bond acceptors (Lipinski definition) is 11. The number of epoxide rings is 1. The van der Waals surface area contributed by atoms with Gasteiger partial charge in [-0.1, -0.05) is 54.6 Å². The third-order valence-electron chi connectivity index (χ3n) is 12.1. The van der Waals surface area contributed by atoms with Gasteiger partial charge in [-0.2, -0.15) is 13.2 Å². The topological polar surface area (TPSA) is 215 Å². The zero-order valence-electron chi connectivity index (χ0n) is 35.1. The number of aliphatic carboxylic acids is 1. The summed E-state index contributed by atoms with van der Waals surface area (Å²) in [6.45, 7) is 0.570. The van der Waals surface area contributed by atoms with E-state index in [0.29, 0.717) is 53.1 Å². The minimum atomic E-state index is -5.19. The number of phenolic OH excluding ortho intramolecular Hbond substituents is 1. The fourth-order valence-electron chi connectivity index (χ4n) is 8.76. The van der Waals surface area contributed by atoms with Crippen LogP contribution >= 0.6 is 0 Å². The Morgan fingerprint density at radius 2 is 1.66 bits per heavy atom. The first-order chi connectivity index (χ1) is 30.4. The number of aliphatic hydroxyl groups is 1. The van der Waals surface area contributed by atoms with Gasteiger partial charge in [-0.15, -0.1) is 0 Å². The van der Waals surface area contributed by atoms with Gasteiger partial charge in [-0.3, -0.25) is 14.9 Å². The number of aromatic amines is 1. The second-order valence-corrected chi connectivity index (χ2v) is 16.5. The lowest BCUT2D eigenvalue weighted by atomic mass is 9.96. The number of aromatic hydroxyl groups is 1. The van der Waals surface area contributed by atoms with Crippen LogP contribution in [-0.4, -0.2) is 102 Å². The number of pyridine rings is 1. The zero-order chi connectivity index (χ0) is 45.9. The number of rotatable bonds is 13. The van der Waals surface area contributed by atoms with E-state index in [1.54, 1.807) is 31.4 Å². The molecule has 4 heterocycles. The normalized spacial score (nSPS) is 20.8. The number of anilines is 2. The van der Waals surface area contributed by atoms with E-state index in [9.17, 15) is 37.8 Å². The van der Waals surface area contributed by atoms with Gasteiger partial charge in [-0.25, -0.2) is 4.79 Å². The molecule has 64 heavy (non-hydrogen) atoms. The number of aromatic nitrogens is 1. The summed E-state index contributed by atoms with van der Waals surface area (Å²) < 4.78 is 50.0. The third kappa shape index (κ3) is 10.3. The molecule has 0 spiro atoms. The number of carbonyl (C=O) groups is 3. The number of amides is 2. The van der Waals surface area contributed by atoms with Gasteiger partial charge in [0.2, 0.25) is 11.5 Å². The molecule has 0 aliphatic carbocycles. The smallest absolute Gasteiger partial charge is 0.430 e. The number of H-pyrrole nitrogens is 1. The molecule has 6 atom stereocenters. The quantitative estimate of drug-likeness (QED) is 0.0691. The lowest BCUT2D eigenvalue weighted by molar-refractivity contribution is -0.938. The van der Waals surface area contributed by atoms with Gasteiger partial charge in [0.05, 0.1) is 38.5 Å². The predicted octanol–water partition coefficient (Wildman–Crippen LogP) is 4.91. The number of hydrogen-bond donors (Lipinski definition) is 6. The van der Waals surface area contributed by atoms with Gasteiger partial charge in [-0.05, 0) is 47.4 Å². The van der Waals surface area contributed by atoms with Crippen molar-refractivity contribution in [2.45, 2.75) is 74.9 Å². The minimum absolute atomic E-state index is 0.0705. The molecule has 3 fully saturated rings. The first-order valence-electron chi connectivity index (χ1n) is 20.6. The van der Waals surface area contributed by atoms with E-state index in [0.717, 1.165) is 39.6 Å². The number of phenols is 1. The molecule has 8 rings (SSSR count). The van der Waals surface area contributed by atoms with Crippen LogP contribution in [0.5, 0.6) is 11.5 Å². The number of piperidine rings is 1. The summed E-state index contributed by atoms with van der Waals surface area (Å²) in [4.78, 5) is 49.7. The van der Waals surface area contributed by atoms with E-state index in [1.807, 2.05) is 54.6 Å². The number of methoxy groups -OCH3 is 1. The lowest BCUT2D eigenvalue weighted by Crippen LogP contribution is -2.60. The number of fused-ring (bicyclic) bond motifs is 6.